The third kappa shape index (κ3) is 7.80. The van der Waals surface area contributed by atoms with Gasteiger partial charge in [-0.25, -0.2) is 0 Å². The Morgan fingerprint density at radius 3 is 1.17 bits per heavy atom. The van der Waals surface area contributed by atoms with Gasteiger partial charge in [-0.2, -0.15) is 0 Å². The fourth-order valence-corrected chi connectivity index (χ4v) is 8.01. The van der Waals surface area contributed by atoms with Crippen LogP contribution in [0.2, 0.25) is 0 Å². The fraction of sp³-hybridized carbons (Fsp3) is 0. The van der Waals surface area contributed by atoms with Gasteiger partial charge in [-0.05, 0) is 101 Å². The molecule has 52 heavy (non-hydrogen) atoms. The van der Waals surface area contributed by atoms with Crippen molar-refractivity contribution >= 4 is 81.0 Å². The Labute approximate surface area is 314 Å². The number of fused-ring (bicyclic) bond motifs is 1. The van der Waals surface area contributed by atoms with Crippen LogP contribution in [0.4, 0.5) is 0 Å². The molecule has 8 rings (SSSR count). The Morgan fingerprint density at radius 2 is 0.769 bits per heavy atom. The Bertz CT molecular complexity index is 2320. The molecule has 6 aromatic carbocycles. The first kappa shape index (κ1) is 33.1. The van der Waals surface area contributed by atoms with Crippen molar-refractivity contribution in [3.8, 4) is 0 Å². The molecule has 0 fully saturated rings. The van der Waals surface area contributed by atoms with E-state index in [1.54, 1.807) is 22.7 Å². The molecule has 0 nitrogen and oxygen atoms in total. The van der Waals surface area contributed by atoms with Crippen molar-refractivity contribution in [2.24, 2.45) is 0 Å². The van der Waals surface area contributed by atoms with E-state index in [4.69, 9.17) is 0 Å². The van der Waals surface area contributed by atoms with Gasteiger partial charge in [0.2, 0.25) is 0 Å². The summed E-state index contributed by atoms with van der Waals surface area (Å²) >= 11 is 3.55. The molecule has 0 atom stereocenters. The molecule has 0 aliphatic carbocycles. The van der Waals surface area contributed by atoms with Gasteiger partial charge in [-0.3, -0.25) is 0 Å². The average molecular weight is 701 g/mol. The highest BCUT2D eigenvalue weighted by Gasteiger charge is 2.08. The van der Waals surface area contributed by atoms with Gasteiger partial charge in [0.1, 0.15) is 0 Å². The van der Waals surface area contributed by atoms with E-state index in [9.17, 15) is 0 Å². The Morgan fingerprint density at radius 1 is 0.346 bits per heavy atom. The molecule has 0 amide bonds. The molecular formula is C50H36S2. The molecule has 2 heterocycles. The predicted molar refractivity (Wildman–Crippen MR) is 230 cm³/mol. The summed E-state index contributed by atoms with van der Waals surface area (Å²) in [4.78, 5) is 2.54. The summed E-state index contributed by atoms with van der Waals surface area (Å²) in [6, 6.07) is 60.6. The molecule has 0 saturated carbocycles. The molecule has 0 N–H and O–H groups in total. The number of hydrogen-bond donors (Lipinski definition) is 0. The van der Waals surface area contributed by atoms with Gasteiger partial charge in [0.05, 0.1) is 0 Å². The normalized spacial score (nSPS) is 12.3. The van der Waals surface area contributed by atoms with Crippen molar-refractivity contribution in [3.63, 3.8) is 0 Å². The van der Waals surface area contributed by atoms with Gasteiger partial charge >= 0.3 is 0 Å². The van der Waals surface area contributed by atoms with Crippen LogP contribution < -0.4 is 0 Å². The maximum atomic E-state index is 2.29. The van der Waals surface area contributed by atoms with Crippen LogP contribution in [0.5, 0.6) is 0 Å². The van der Waals surface area contributed by atoms with Gasteiger partial charge in [-0.1, -0.05) is 182 Å². The van der Waals surface area contributed by atoms with Crippen LogP contribution in [-0.4, -0.2) is 0 Å². The van der Waals surface area contributed by atoms with E-state index in [0.29, 0.717) is 0 Å². The Balaban J connectivity index is 1.03. The molecule has 0 unspecified atom stereocenters. The second-order valence-electron chi connectivity index (χ2n) is 12.6. The van der Waals surface area contributed by atoms with Gasteiger partial charge in [0, 0.05) is 9.75 Å². The van der Waals surface area contributed by atoms with E-state index < -0.39 is 0 Å². The SMILES string of the molecule is C(=Cc1cccc2cccc(C=Cc3ccc(C=C(c4ccccc4)c4cccs4)cc3)c12)c1ccc(C=C(c2ccccc2)c2cccs2)cc1. The van der Waals surface area contributed by atoms with Crippen LogP contribution in [0.25, 0.3) is 58.4 Å². The van der Waals surface area contributed by atoms with Crippen molar-refractivity contribution in [2.75, 3.05) is 0 Å². The molecule has 0 aliphatic heterocycles. The summed E-state index contributed by atoms with van der Waals surface area (Å²) < 4.78 is 0. The highest BCUT2D eigenvalue weighted by molar-refractivity contribution is 7.11. The van der Waals surface area contributed by atoms with E-state index in [2.05, 4.69) is 217 Å². The van der Waals surface area contributed by atoms with Crippen molar-refractivity contribution in [2.45, 2.75) is 0 Å². The van der Waals surface area contributed by atoms with Crippen LogP contribution in [0.15, 0.2) is 181 Å². The standard InChI is InChI=1S/C50H36S2/c1-3-11-41(12-4-1)46(48-19-9-33-51-48)35-39-25-21-37(22-26-39)29-31-44-17-7-15-43-16-8-18-45(50(43)44)32-30-38-23-27-40(28-24-38)36-47(49-20-10-34-52-49)42-13-5-2-6-14-42/h1-36H. The van der Waals surface area contributed by atoms with Crippen molar-refractivity contribution in [1.29, 1.82) is 0 Å². The molecular weight excluding hydrogens is 665 g/mol. The first-order valence-corrected chi connectivity index (χ1v) is 19.2. The van der Waals surface area contributed by atoms with Crippen LogP contribution in [0, 0.1) is 0 Å². The molecule has 0 aliphatic rings. The number of rotatable bonds is 10. The van der Waals surface area contributed by atoms with Gasteiger partial charge in [0.15, 0.2) is 0 Å². The van der Waals surface area contributed by atoms with Gasteiger partial charge in [-0.15, -0.1) is 22.7 Å². The van der Waals surface area contributed by atoms with E-state index >= 15 is 0 Å². The fourth-order valence-electron chi connectivity index (χ4n) is 6.48. The highest BCUT2D eigenvalue weighted by atomic mass is 32.1. The predicted octanol–water partition coefficient (Wildman–Crippen LogP) is 14.5. The Kier molecular flexibility index (Phi) is 10.1. The van der Waals surface area contributed by atoms with Crippen molar-refractivity contribution in [1.82, 2.24) is 0 Å². The topological polar surface area (TPSA) is 0 Å². The summed E-state index contributed by atoms with van der Waals surface area (Å²) in [6.07, 6.45) is 13.5. The summed E-state index contributed by atoms with van der Waals surface area (Å²) in [5.74, 6) is 0. The largest absolute Gasteiger partial charge is 0.144 e. The van der Waals surface area contributed by atoms with E-state index in [-0.39, 0.29) is 0 Å². The average Bonchev–Trinajstić information content (AvgIpc) is 3.95. The maximum absolute atomic E-state index is 2.29. The maximum Gasteiger partial charge on any atom is 0.0348 e. The smallest absolute Gasteiger partial charge is 0.0348 e. The van der Waals surface area contributed by atoms with Crippen LogP contribution in [0.3, 0.4) is 0 Å². The monoisotopic (exact) mass is 700 g/mol. The van der Waals surface area contributed by atoms with E-state index in [1.807, 2.05) is 0 Å². The van der Waals surface area contributed by atoms with Crippen LogP contribution >= 0.6 is 22.7 Å². The molecule has 0 saturated heterocycles. The highest BCUT2D eigenvalue weighted by Crippen LogP contribution is 2.32. The first-order valence-electron chi connectivity index (χ1n) is 17.5. The molecule has 2 aromatic heterocycles. The molecule has 8 aromatic rings. The zero-order valence-corrected chi connectivity index (χ0v) is 30.2. The second-order valence-corrected chi connectivity index (χ2v) is 14.5. The molecule has 0 spiro atoms. The lowest BCUT2D eigenvalue weighted by atomic mass is 9.97. The summed E-state index contributed by atoms with van der Waals surface area (Å²) in [5, 5.41) is 6.76. The number of benzene rings is 6. The minimum Gasteiger partial charge on any atom is -0.144 e. The zero-order valence-electron chi connectivity index (χ0n) is 28.6. The lowest BCUT2D eigenvalue weighted by Gasteiger charge is -2.08. The number of thiophene rings is 2. The Hall–Kier alpha value is -6.06. The third-order valence-corrected chi connectivity index (χ3v) is 10.9. The molecule has 2 heteroatoms. The molecule has 0 radical (unpaired) electrons. The van der Waals surface area contributed by atoms with Crippen molar-refractivity contribution < 1.29 is 0 Å². The van der Waals surface area contributed by atoms with Crippen molar-refractivity contribution in [3.05, 3.63) is 235 Å². The first-order chi connectivity index (χ1) is 25.8. The molecule has 248 valence electrons. The summed E-state index contributed by atoms with van der Waals surface area (Å²) in [7, 11) is 0. The summed E-state index contributed by atoms with van der Waals surface area (Å²) in [5.41, 5.74) is 12.1. The third-order valence-electron chi connectivity index (χ3n) is 9.12. The molecule has 0 bridgehead atoms. The minimum atomic E-state index is 1.17. The van der Waals surface area contributed by atoms with Crippen LogP contribution in [-0.2, 0) is 0 Å². The summed E-state index contributed by atoms with van der Waals surface area (Å²) in [6.45, 7) is 0. The van der Waals surface area contributed by atoms with Gasteiger partial charge in [0.25, 0.3) is 0 Å². The quantitative estimate of drug-likeness (QED) is 0.125. The lowest BCUT2D eigenvalue weighted by molar-refractivity contribution is 1.59. The van der Waals surface area contributed by atoms with Gasteiger partial charge < -0.3 is 0 Å². The minimum absolute atomic E-state index is 1.17. The van der Waals surface area contributed by atoms with Crippen LogP contribution in [0.1, 0.15) is 54.3 Å². The number of hydrogen-bond acceptors (Lipinski definition) is 2. The zero-order chi connectivity index (χ0) is 35.0. The van der Waals surface area contributed by atoms with E-state index in [1.165, 1.54) is 76.2 Å². The van der Waals surface area contributed by atoms with E-state index in [0.717, 1.165) is 0 Å². The lowest BCUT2D eigenvalue weighted by Crippen LogP contribution is -1.85. The second kappa shape index (κ2) is 15.9.